The van der Waals surface area contributed by atoms with Crippen molar-refractivity contribution >= 4 is 55.9 Å². The molecule has 2 atom stereocenters. The molecule has 0 saturated carbocycles. The summed E-state index contributed by atoms with van der Waals surface area (Å²) in [5.74, 6) is 0.295. The van der Waals surface area contributed by atoms with Gasteiger partial charge >= 0.3 is 0 Å². The number of H-pyrrole nitrogens is 1. The van der Waals surface area contributed by atoms with Crippen LogP contribution in [0.15, 0.2) is 58.6 Å². The Morgan fingerprint density at radius 1 is 1.18 bits per heavy atom. The Bertz CT molecular complexity index is 1510. The molecule has 1 aromatic carbocycles. The van der Waals surface area contributed by atoms with Gasteiger partial charge in [0.1, 0.15) is 23.4 Å². The number of ether oxygens (including phenoxy) is 2. The van der Waals surface area contributed by atoms with Crippen molar-refractivity contribution in [3.8, 4) is 5.75 Å². The molecule has 2 aromatic heterocycles. The fraction of sp³-hybridized carbons (Fsp3) is 0.458. The number of benzene rings is 1. The number of rotatable bonds is 9. The molecule has 2 saturated heterocycles. The van der Waals surface area contributed by atoms with E-state index in [1.54, 1.807) is 24.4 Å². The lowest BCUT2D eigenvalue weighted by atomic mass is 9.88. The molecule has 3 aromatic rings. The molecule has 40 heavy (non-hydrogen) atoms. The highest BCUT2D eigenvalue weighted by Crippen LogP contribution is 2.37. The van der Waals surface area contributed by atoms with E-state index in [2.05, 4.69) is 15.3 Å². The highest BCUT2D eigenvalue weighted by Gasteiger charge is 2.44. The van der Waals surface area contributed by atoms with E-state index in [-0.39, 0.29) is 53.8 Å². The van der Waals surface area contributed by atoms with Crippen LogP contribution in [0.1, 0.15) is 19.3 Å². The van der Waals surface area contributed by atoms with E-state index >= 15 is 0 Å². The van der Waals surface area contributed by atoms with Crippen LogP contribution >= 0.6 is 24.8 Å². The molecule has 2 aliphatic heterocycles. The van der Waals surface area contributed by atoms with Gasteiger partial charge in [0.25, 0.3) is 0 Å². The van der Waals surface area contributed by atoms with Gasteiger partial charge in [-0.1, -0.05) is 6.07 Å². The summed E-state index contributed by atoms with van der Waals surface area (Å²) in [7, 11) is -7.50. The minimum absolute atomic E-state index is 0. The summed E-state index contributed by atoms with van der Waals surface area (Å²) in [6, 6.07) is 9.20. The summed E-state index contributed by atoms with van der Waals surface area (Å²) in [4.78, 5) is 7.34. The normalized spacial score (nSPS) is 20.1. The van der Waals surface area contributed by atoms with Crippen LogP contribution in [0.2, 0.25) is 0 Å². The Balaban J connectivity index is 0.00000220. The average Bonchev–Trinajstić information content (AvgIpc) is 3.53. The lowest BCUT2D eigenvalue weighted by Crippen LogP contribution is -2.47. The Morgan fingerprint density at radius 3 is 2.65 bits per heavy atom. The Morgan fingerprint density at radius 2 is 1.93 bits per heavy atom. The lowest BCUT2D eigenvalue weighted by Gasteiger charge is -2.38. The maximum absolute atomic E-state index is 13.2. The summed E-state index contributed by atoms with van der Waals surface area (Å²) in [5.41, 5.74) is 0.991. The van der Waals surface area contributed by atoms with Crippen LogP contribution in [0, 0.1) is 0 Å². The number of aromatic amines is 1. The number of aromatic nitrogens is 2. The number of halogens is 2. The molecule has 4 heterocycles. The number of aliphatic hydroxyl groups excluding tert-OH is 1. The summed E-state index contributed by atoms with van der Waals surface area (Å²) >= 11 is 0. The summed E-state index contributed by atoms with van der Waals surface area (Å²) in [6.07, 6.45) is 4.16. The van der Waals surface area contributed by atoms with Crippen molar-refractivity contribution in [1.29, 1.82) is 0 Å². The Hall–Kier alpha value is -2.01. The number of nitrogens with two attached hydrogens (primary N) is 1. The fourth-order valence-corrected chi connectivity index (χ4v) is 6.92. The number of hydrogen-bond donors (Lipinski definition) is 4. The molecule has 2 fully saturated rings. The zero-order chi connectivity index (χ0) is 27.0. The fourth-order valence-electron chi connectivity index (χ4n) is 4.96. The second-order valence-corrected chi connectivity index (χ2v) is 13.3. The van der Waals surface area contributed by atoms with E-state index in [1.807, 2.05) is 0 Å². The zero-order valence-corrected chi connectivity index (χ0v) is 24.7. The Labute approximate surface area is 245 Å². The third kappa shape index (κ3) is 7.24. The average molecular weight is 639 g/mol. The van der Waals surface area contributed by atoms with Crippen molar-refractivity contribution in [3.63, 3.8) is 0 Å². The van der Waals surface area contributed by atoms with E-state index in [4.69, 9.17) is 14.6 Å². The van der Waals surface area contributed by atoms with Crippen LogP contribution in [0.3, 0.4) is 0 Å². The van der Waals surface area contributed by atoms with E-state index in [9.17, 15) is 21.9 Å². The van der Waals surface area contributed by atoms with Crippen molar-refractivity contribution in [2.45, 2.75) is 46.8 Å². The first-order valence-corrected chi connectivity index (χ1v) is 15.3. The van der Waals surface area contributed by atoms with E-state index in [0.29, 0.717) is 55.7 Å². The third-order valence-electron chi connectivity index (χ3n) is 7.07. The van der Waals surface area contributed by atoms with Gasteiger partial charge in [-0.2, -0.15) is 4.31 Å². The highest BCUT2D eigenvalue weighted by atomic mass is 35.5. The second kappa shape index (κ2) is 12.9. The van der Waals surface area contributed by atoms with Crippen LogP contribution in [-0.4, -0.2) is 86.8 Å². The lowest BCUT2D eigenvalue weighted by molar-refractivity contribution is -0.0312. The number of primary sulfonamides is 1. The predicted octanol–water partition coefficient (Wildman–Crippen LogP) is 1.40. The topological polar surface area (TPSA) is 177 Å². The van der Waals surface area contributed by atoms with Gasteiger partial charge in [0.05, 0.1) is 28.1 Å². The number of nitrogens with one attached hydrogen (secondary N) is 2. The molecule has 0 radical (unpaired) electrons. The standard InChI is InChI=1S/C24H31N5O7S2.2ClH/c25-37(31,32)20-3-1-2-19(10-20)35-16-18(30)13-27-17-12-24(36-15-17)5-8-29(9-6-24)38(33,34)21-11-23-22(28-14-21)4-7-26-23;;/h1-4,7,10-11,14,17-18,26-27,30H,5-6,8-9,12-13,15-16H2,(H2,25,31,32);2*1H/t17-,18+;;/m1../s1. The molecule has 5 rings (SSSR count). The predicted molar refractivity (Wildman–Crippen MR) is 153 cm³/mol. The molecule has 0 amide bonds. The van der Waals surface area contributed by atoms with Gasteiger partial charge in [0.2, 0.25) is 20.0 Å². The maximum Gasteiger partial charge on any atom is 0.244 e. The molecular formula is C24H33Cl2N5O7S2. The summed E-state index contributed by atoms with van der Waals surface area (Å²) < 4.78 is 62.4. The number of sulfonamides is 2. The van der Waals surface area contributed by atoms with Gasteiger partial charge in [0.15, 0.2) is 0 Å². The monoisotopic (exact) mass is 637 g/mol. The van der Waals surface area contributed by atoms with E-state index < -0.39 is 31.8 Å². The van der Waals surface area contributed by atoms with Gasteiger partial charge in [0, 0.05) is 44.1 Å². The SMILES string of the molecule is Cl.Cl.NS(=O)(=O)c1cccc(OC[C@@H](O)CN[C@H]2COC3(CCN(S(=O)(=O)c4cnc5cc[nH]c5c4)CC3)C2)c1. The van der Waals surface area contributed by atoms with Crippen molar-refractivity contribution in [2.24, 2.45) is 5.14 Å². The smallest absolute Gasteiger partial charge is 0.244 e. The first-order chi connectivity index (χ1) is 18.0. The first-order valence-electron chi connectivity index (χ1n) is 12.3. The zero-order valence-electron chi connectivity index (χ0n) is 21.4. The molecule has 12 nitrogen and oxygen atoms in total. The van der Waals surface area contributed by atoms with Crippen LogP contribution in [0.5, 0.6) is 5.75 Å². The van der Waals surface area contributed by atoms with Gasteiger partial charge in [-0.05, 0) is 43.5 Å². The molecule has 222 valence electrons. The highest BCUT2D eigenvalue weighted by molar-refractivity contribution is 7.89. The third-order valence-corrected chi connectivity index (χ3v) is 9.85. The van der Waals surface area contributed by atoms with Gasteiger partial charge in [-0.15, -0.1) is 24.8 Å². The van der Waals surface area contributed by atoms with Crippen LogP contribution in [0.25, 0.3) is 11.0 Å². The van der Waals surface area contributed by atoms with Crippen molar-refractivity contribution in [3.05, 3.63) is 48.8 Å². The number of fused-ring (bicyclic) bond motifs is 1. The summed E-state index contributed by atoms with van der Waals surface area (Å²) in [6.45, 7) is 1.39. The van der Waals surface area contributed by atoms with Crippen molar-refractivity contribution < 1.29 is 31.4 Å². The van der Waals surface area contributed by atoms with Crippen LogP contribution in [0.4, 0.5) is 0 Å². The number of hydrogen-bond acceptors (Lipinski definition) is 9. The second-order valence-electron chi connectivity index (χ2n) is 9.77. The van der Waals surface area contributed by atoms with Crippen LogP contribution < -0.4 is 15.2 Å². The molecule has 5 N–H and O–H groups in total. The largest absolute Gasteiger partial charge is 0.491 e. The number of pyridine rings is 1. The Kier molecular flexibility index (Phi) is 10.5. The molecule has 0 unspecified atom stereocenters. The number of aliphatic hydroxyl groups is 1. The van der Waals surface area contributed by atoms with Gasteiger partial charge in [-0.3, -0.25) is 4.98 Å². The van der Waals surface area contributed by atoms with E-state index in [0.717, 1.165) is 0 Å². The quantitative estimate of drug-likeness (QED) is 0.270. The molecule has 2 aliphatic rings. The van der Waals surface area contributed by atoms with Gasteiger partial charge in [-0.25, -0.2) is 22.0 Å². The minimum atomic E-state index is -3.84. The summed E-state index contributed by atoms with van der Waals surface area (Å²) in [5, 5.41) is 18.8. The number of piperidine rings is 1. The van der Waals surface area contributed by atoms with Crippen molar-refractivity contribution in [2.75, 3.05) is 32.8 Å². The molecule has 0 bridgehead atoms. The van der Waals surface area contributed by atoms with Crippen LogP contribution in [-0.2, 0) is 24.8 Å². The first kappa shape index (κ1) is 32.5. The van der Waals surface area contributed by atoms with Crippen molar-refractivity contribution in [1.82, 2.24) is 19.6 Å². The van der Waals surface area contributed by atoms with E-state index in [1.165, 1.54) is 28.7 Å². The molecule has 0 aliphatic carbocycles. The maximum atomic E-state index is 13.2. The minimum Gasteiger partial charge on any atom is -0.491 e. The molecule has 1 spiro atoms. The molecule has 16 heteroatoms. The van der Waals surface area contributed by atoms with Gasteiger partial charge < -0.3 is 24.9 Å². The number of nitrogens with zero attached hydrogens (tertiary/aromatic N) is 2. The molecular weight excluding hydrogens is 605 g/mol.